The number of ether oxygens (including phenoxy) is 2. The van der Waals surface area contributed by atoms with Crippen LogP contribution in [0, 0.1) is 20.2 Å². The van der Waals surface area contributed by atoms with E-state index >= 15 is 0 Å². The molecule has 0 aromatic heterocycles. The summed E-state index contributed by atoms with van der Waals surface area (Å²) in [5, 5.41) is 25.4. The molecule has 3 rings (SSSR count). The lowest BCUT2D eigenvalue weighted by molar-refractivity contribution is -0.385. The average Bonchev–Trinajstić information content (AvgIpc) is 2.83. The molecule has 174 valence electrons. The highest BCUT2D eigenvalue weighted by atomic mass is 16.6. The van der Waals surface area contributed by atoms with Crippen molar-refractivity contribution in [1.29, 1.82) is 0 Å². The Kier molecular flexibility index (Phi) is 7.84. The van der Waals surface area contributed by atoms with Gasteiger partial charge in [-0.15, -0.1) is 0 Å². The van der Waals surface area contributed by atoms with Crippen molar-refractivity contribution in [2.24, 2.45) is 5.10 Å². The van der Waals surface area contributed by atoms with E-state index in [-0.39, 0.29) is 30.3 Å². The second-order valence-electron chi connectivity index (χ2n) is 7.00. The molecule has 11 heteroatoms. The molecule has 0 unspecified atom stereocenters. The van der Waals surface area contributed by atoms with Gasteiger partial charge in [-0.3, -0.25) is 25.0 Å². The third-order valence-corrected chi connectivity index (χ3v) is 4.66. The van der Waals surface area contributed by atoms with E-state index in [0.717, 1.165) is 0 Å². The molecule has 3 aromatic carbocycles. The molecule has 0 atom stereocenters. The normalized spacial score (nSPS) is 10.6. The van der Waals surface area contributed by atoms with Gasteiger partial charge in [-0.2, -0.15) is 5.10 Å². The first-order valence-electron chi connectivity index (χ1n) is 9.95. The van der Waals surface area contributed by atoms with Gasteiger partial charge >= 0.3 is 0 Å². The minimum Gasteiger partial charge on any atom is -0.496 e. The molecule has 0 aliphatic heterocycles. The maximum atomic E-state index is 12.1. The zero-order valence-electron chi connectivity index (χ0n) is 18.0. The molecule has 0 saturated heterocycles. The van der Waals surface area contributed by atoms with Gasteiger partial charge in [0, 0.05) is 29.8 Å². The Labute approximate surface area is 193 Å². The number of methoxy groups -OCH3 is 1. The Balaban J connectivity index is 1.58. The summed E-state index contributed by atoms with van der Waals surface area (Å²) in [4.78, 5) is 32.5. The van der Waals surface area contributed by atoms with E-state index < -0.39 is 9.85 Å². The topological polar surface area (TPSA) is 146 Å². The number of non-ortho nitro benzene ring substituents is 2. The molecule has 0 spiro atoms. The summed E-state index contributed by atoms with van der Waals surface area (Å²) in [6.45, 7) is 0.148. The van der Waals surface area contributed by atoms with Crippen molar-refractivity contribution in [3.63, 3.8) is 0 Å². The van der Waals surface area contributed by atoms with Crippen molar-refractivity contribution in [3.8, 4) is 11.5 Å². The first-order valence-corrected chi connectivity index (χ1v) is 9.95. The maximum Gasteiger partial charge on any atom is 0.269 e. The van der Waals surface area contributed by atoms with E-state index in [1.54, 1.807) is 18.2 Å². The summed E-state index contributed by atoms with van der Waals surface area (Å²) in [5.74, 6) is 0.673. The monoisotopic (exact) mass is 464 g/mol. The van der Waals surface area contributed by atoms with Crippen LogP contribution in [0.3, 0.4) is 0 Å². The Morgan fingerprint density at radius 2 is 1.59 bits per heavy atom. The number of carbonyl (C=O) groups is 1. The van der Waals surface area contributed by atoms with Crippen LogP contribution in [-0.4, -0.2) is 29.1 Å². The quantitative estimate of drug-likeness (QED) is 0.273. The fourth-order valence-corrected chi connectivity index (χ4v) is 2.96. The van der Waals surface area contributed by atoms with Gasteiger partial charge in [0.15, 0.2) is 0 Å². The highest BCUT2D eigenvalue weighted by molar-refractivity contribution is 5.83. The summed E-state index contributed by atoms with van der Waals surface area (Å²) in [7, 11) is 1.52. The average molecular weight is 464 g/mol. The zero-order chi connectivity index (χ0) is 24.5. The van der Waals surface area contributed by atoms with E-state index in [9.17, 15) is 25.0 Å². The summed E-state index contributed by atoms with van der Waals surface area (Å²) in [6, 6.07) is 16.7. The molecule has 3 aromatic rings. The van der Waals surface area contributed by atoms with Crippen LogP contribution in [0.4, 0.5) is 11.4 Å². The number of nitrogens with one attached hydrogen (secondary N) is 1. The van der Waals surface area contributed by atoms with E-state index in [1.807, 2.05) is 0 Å². The van der Waals surface area contributed by atoms with Gasteiger partial charge in [-0.1, -0.05) is 12.1 Å². The van der Waals surface area contributed by atoms with Crippen LogP contribution in [0.15, 0.2) is 71.8 Å². The smallest absolute Gasteiger partial charge is 0.269 e. The number of nitro benzene ring substituents is 2. The summed E-state index contributed by atoms with van der Waals surface area (Å²) >= 11 is 0. The van der Waals surface area contributed by atoms with Gasteiger partial charge in [0.2, 0.25) is 5.91 Å². The second-order valence-corrected chi connectivity index (χ2v) is 7.00. The van der Waals surface area contributed by atoms with Crippen molar-refractivity contribution in [2.45, 2.75) is 13.0 Å². The van der Waals surface area contributed by atoms with Gasteiger partial charge in [0.25, 0.3) is 11.4 Å². The summed E-state index contributed by atoms with van der Waals surface area (Å²) < 4.78 is 11.0. The van der Waals surface area contributed by atoms with Gasteiger partial charge in [-0.25, -0.2) is 5.43 Å². The third kappa shape index (κ3) is 6.60. The predicted octanol–water partition coefficient (Wildman–Crippen LogP) is 3.78. The van der Waals surface area contributed by atoms with Crippen LogP contribution in [0.25, 0.3) is 0 Å². The molecule has 0 heterocycles. The first kappa shape index (κ1) is 23.9. The standard InChI is InChI=1S/C23H20N4O7/c1-33-22-11-4-17(12-18(22)15-34-21-9-7-20(8-10-21)27(31)32)14-24-25-23(28)13-16-2-5-19(6-3-16)26(29)30/h2-12,14H,13,15H2,1H3,(H,25,28). The Hall–Kier alpha value is -4.80. The maximum absolute atomic E-state index is 12.1. The predicted molar refractivity (Wildman–Crippen MR) is 123 cm³/mol. The molecule has 0 radical (unpaired) electrons. The second kappa shape index (κ2) is 11.2. The molecule has 0 aliphatic carbocycles. The van der Waals surface area contributed by atoms with E-state index in [2.05, 4.69) is 10.5 Å². The Bertz CT molecular complexity index is 1210. The number of rotatable bonds is 10. The number of amides is 1. The third-order valence-electron chi connectivity index (χ3n) is 4.66. The van der Waals surface area contributed by atoms with E-state index in [0.29, 0.717) is 28.2 Å². The lowest BCUT2D eigenvalue weighted by Gasteiger charge is -2.11. The number of nitrogens with zero attached hydrogens (tertiary/aromatic N) is 3. The van der Waals surface area contributed by atoms with Crippen molar-refractivity contribution >= 4 is 23.5 Å². The minimum atomic E-state index is -0.506. The van der Waals surface area contributed by atoms with E-state index in [4.69, 9.17) is 9.47 Å². The van der Waals surface area contributed by atoms with E-state index in [1.165, 1.54) is 61.9 Å². The molecule has 1 N–H and O–H groups in total. The molecular formula is C23H20N4O7. The number of carbonyl (C=O) groups excluding carboxylic acids is 1. The molecule has 34 heavy (non-hydrogen) atoms. The lowest BCUT2D eigenvalue weighted by atomic mass is 10.1. The number of hydrogen-bond acceptors (Lipinski definition) is 8. The van der Waals surface area contributed by atoms with Gasteiger partial charge in [0.1, 0.15) is 18.1 Å². The number of benzene rings is 3. The molecule has 0 bridgehead atoms. The molecule has 1 amide bonds. The fourth-order valence-electron chi connectivity index (χ4n) is 2.96. The van der Waals surface area contributed by atoms with Crippen LogP contribution >= 0.6 is 0 Å². The largest absolute Gasteiger partial charge is 0.496 e. The number of nitro groups is 2. The highest BCUT2D eigenvalue weighted by Gasteiger charge is 2.09. The number of hydrazone groups is 1. The highest BCUT2D eigenvalue weighted by Crippen LogP contribution is 2.23. The zero-order valence-corrected chi connectivity index (χ0v) is 18.0. The van der Waals surface area contributed by atoms with Crippen LogP contribution < -0.4 is 14.9 Å². The minimum absolute atomic E-state index is 0.0201. The summed E-state index contributed by atoms with van der Waals surface area (Å²) in [5.41, 5.74) is 4.35. The lowest BCUT2D eigenvalue weighted by Crippen LogP contribution is -2.19. The van der Waals surface area contributed by atoms with Crippen LogP contribution in [0.1, 0.15) is 16.7 Å². The summed E-state index contributed by atoms with van der Waals surface area (Å²) in [6.07, 6.45) is 1.48. The molecule has 11 nitrogen and oxygen atoms in total. The fraction of sp³-hybridized carbons (Fsp3) is 0.130. The Morgan fingerprint density at radius 3 is 2.18 bits per heavy atom. The van der Waals surface area contributed by atoms with Crippen molar-refractivity contribution < 1.29 is 24.1 Å². The molecule has 0 aliphatic rings. The van der Waals surface area contributed by atoms with Crippen molar-refractivity contribution in [3.05, 3.63) is 104 Å². The van der Waals surface area contributed by atoms with Crippen LogP contribution in [-0.2, 0) is 17.8 Å². The first-order chi connectivity index (χ1) is 16.4. The molecular weight excluding hydrogens is 444 g/mol. The number of hydrogen-bond donors (Lipinski definition) is 1. The molecule has 0 saturated carbocycles. The van der Waals surface area contributed by atoms with Crippen molar-refractivity contribution in [2.75, 3.05) is 7.11 Å². The van der Waals surface area contributed by atoms with Gasteiger partial charge < -0.3 is 9.47 Å². The van der Waals surface area contributed by atoms with Gasteiger partial charge in [0.05, 0.1) is 29.6 Å². The van der Waals surface area contributed by atoms with Crippen LogP contribution in [0.5, 0.6) is 11.5 Å². The van der Waals surface area contributed by atoms with Crippen LogP contribution in [0.2, 0.25) is 0 Å². The SMILES string of the molecule is COc1ccc(C=NNC(=O)Cc2ccc([N+](=O)[O-])cc2)cc1COc1ccc([N+](=O)[O-])cc1. The van der Waals surface area contributed by atoms with Gasteiger partial charge in [-0.05, 0) is 41.5 Å². The van der Waals surface area contributed by atoms with Crippen molar-refractivity contribution in [1.82, 2.24) is 5.43 Å². The Morgan fingerprint density at radius 1 is 0.971 bits per heavy atom. The molecule has 0 fully saturated rings.